The maximum absolute atomic E-state index is 12.6. The highest BCUT2D eigenvalue weighted by Crippen LogP contribution is 2.28. The van der Waals surface area contributed by atoms with Crippen molar-refractivity contribution in [1.82, 2.24) is 9.88 Å². The number of carbonyl (C=O) groups is 1. The molecule has 1 saturated heterocycles. The van der Waals surface area contributed by atoms with Gasteiger partial charge in [-0.3, -0.25) is 4.79 Å². The van der Waals surface area contributed by atoms with Gasteiger partial charge in [0.25, 0.3) is 0 Å². The van der Waals surface area contributed by atoms with Crippen molar-refractivity contribution in [2.45, 2.75) is 44.9 Å². The van der Waals surface area contributed by atoms with Crippen LogP contribution in [-0.2, 0) is 11.2 Å². The minimum absolute atomic E-state index is 0.319. The number of likely N-dealkylation sites (tertiary alicyclic amines) is 1. The first-order valence-corrected chi connectivity index (χ1v) is 10.1. The lowest BCUT2D eigenvalue weighted by atomic mass is 9.89. The van der Waals surface area contributed by atoms with Crippen LogP contribution in [0.5, 0.6) is 0 Å². The lowest BCUT2D eigenvalue weighted by Crippen LogP contribution is -2.37. The first kappa shape index (κ1) is 17.8. The number of aromatic nitrogens is 1. The van der Waals surface area contributed by atoms with Crippen LogP contribution in [-0.4, -0.2) is 28.9 Å². The molecule has 1 fully saturated rings. The van der Waals surface area contributed by atoms with E-state index < -0.39 is 0 Å². The number of benzene rings is 2. The summed E-state index contributed by atoms with van der Waals surface area (Å²) in [6.07, 6.45) is 4.69. The minimum atomic E-state index is 0.319. The van der Waals surface area contributed by atoms with Crippen molar-refractivity contribution in [3.63, 3.8) is 0 Å². The Morgan fingerprint density at radius 3 is 2.52 bits per heavy atom. The fourth-order valence-electron chi connectivity index (χ4n) is 4.42. The van der Waals surface area contributed by atoms with E-state index in [4.69, 9.17) is 0 Å². The third-order valence-corrected chi connectivity index (χ3v) is 5.96. The lowest BCUT2D eigenvalue weighted by Gasteiger charge is -2.32. The molecule has 2 heterocycles. The zero-order valence-corrected chi connectivity index (χ0v) is 16.1. The fraction of sp³-hybridized carbons (Fsp3) is 0.375. The second-order valence-corrected chi connectivity index (χ2v) is 7.69. The highest BCUT2D eigenvalue weighted by Gasteiger charge is 2.23. The molecule has 3 aromatic rings. The Kier molecular flexibility index (Phi) is 5.28. The third-order valence-electron chi connectivity index (χ3n) is 5.96. The van der Waals surface area contributed by atoms with E-state index in [-0.39, 0.29) is 0 Å². The van der Waals surface area contributed by atoms with E-state index in [0.29, 0.717) is 18.2 Å². The van der Waals surface area contributed by atoms with Crippen LogP contribution in [0.15, 0.2) is 54.6 Å². The predicted molar refractivity (Wildman–Crippen MR) is 111 cm³/mol. The molecule has 0 aliphatic carbocycles. The summed E-state index contributed by atoms with van der Waals surface area (Å²) >= 11 is 0. The van der Waals surface area contributed by atoms with E-state index in [1.807, 2.05) is 0 Å². The molecule has 1 aromatic heterocycles. The van der Waals surface area contributed by atoms with E-state index in [9.17, 15) is 4.79 Å². The zero-order chi connectivity index (χ0) is 18.6. The van der Waals surface area contributed by atoms with Crippen LogP contribution in [0.2, 0.25) is 0 Å². The van der Waals surface area contributed by atoms with Crippen LogP contribution in [0.3, 0.4) is 0 Å². The Balaban J connectivity index is 1.28. The average Bonchev–Trinajstić information content (AvgIpc) is 3.04. The molecule has 3 heteroatoms. The molecule has 1 N–H and O–H groups in total. The van der Waals surface area contributed by atoms with Crippen molar-refractivity contribution < 1.29 is 4.79 Å². The molecule has 0 atom stereocenters. The SMILES string of the molecule is Cc1[nH]c2ccccc2c1CCCC(=O)N1CCC(c2ccccc2)CC1. The molecule has 0 bridgehead atoms. The quantitative estimate of drug-likeness (QED) is 0.666. The molecule has 3 nitrogen and oxygen atoms in total. The summed E-state index contributed by atoms with van der Waals surface area (Å²) in [4.78, 5) is 18.2. The van der Waals surface area contributed by atoms with E-state index in [1.165, 1.54) is 27.7 Å². The van der Waals surface area contributed by atoms with Gasteiger partial charge in [0.15, 0.2) is 0 Å². The largest absolute Gasteiger partial charge is 0.358 e. The van der Waals surface area contributed by atoms with Crippen molar-refractivity contribution in [1.29, 1.82) is 0 Å². The van der Waals surface area contributed by atoms with Crippen molar-refractivity contribution >= 4 is 16.8 Å². The van der Waals surface area contributed by atoms with Crippen molar-refractivity contribution in [2.75, 3.05) is 13.1 Å². The molecule has 2 aromatic carbocycles. The van der Waals surface area contributed by atoms with Crippen molar-refractivity contribution in [2.24, 2.45) is 0 Å². The van der Waals surface area contributed by atoms with Gasteiger partial charge < -0.3 is 9.88 Å². The van der Waals surface area contributed by atoms with Gasteiger partial charge in [0.2, 0.25) is 5.91 Å². The van der Waals surface area contributed by atoms with Crippen LogP contribution >= 0.6 is 0 Å². The highest BCUT2D eigenvalue weighted by molar-refractivity contribution is 5.84. The van der Waals surface area contributed by atoms with Gasteiger partial charge in [0.05, 0.1) is 0 Å². The summed E-state index contributed by atoms with van der Waals surface area (Å²) in [5.41, 5.74) is 5.20. The van der Waals surface area contributed by atoms with Crippen LogP contribution in [0.4, 0.5) is 0 Å². The normalized spacial score (nSPS) is 15.4. The number of para-hydroxylation sites is 1. The molecule has 140 valence electrons. The molecule has 27 heavy (non-hydrogen) atoms. The third kappa shape index (κ3) is 3.92. The highest BCUT2D eigenvalue weighted by atomic mass is 16.2. The van der Waals surface area contributed by atoms with Gasteiger partial charge in [-0.15, -0.1) is 0 Å². The Hall–Kier alpha value is -2.55. The van der Waals surface area contributed by atoms with Crippen LogP contribution in [0.1, 0.15) is 48.4 Å². The maximum atomic E-state index is 12.6. The van der Waals surface area contributed by atoms with E-state index in [1.54, 1.807) is 0 Å². The first-order chi connectivity index (χ1) is 13.2. The number of H-pyrrole nitrogens is 1. The van der Waals surface area contributed by atoms with E-state index in [0.717, 1.165) is 38.8 Å². The van der Waals surface area contributed by atoms with Gasteiger partial charge in [-0.2, -0.15) is 0 Å². The topological polar surface area (TPSA) is 36.1 Å². The second kappa shape index (κ2) is 7.99. The van der Waals surface area contributed by atoms with Gasteiger partial charge in [0.1, 0.15) is 0 Å². The number of nitrogens with one attached hydrogen (secondary N) is 1. The number of aryl methyl sites for hydroxylation is 2. The molecule has 0 spiro atoms. The zero-order valence-electron chi connectivity index (χ0n) is 16.1. The summed E-state index contributed by atoms with van der Waals surface area (Å²) in [6.45, 7) is 3.92. The average molecular weight is 361 g/mol. The molecular formula is C24H28N2O. The van der Waals surface area contributed by atoms with Gasteiger partial charge in [-0.25, -0.2) is 0 Å². The van der Waals surface area contributed by atoms with Crippen LogP contribution < -0.4 is 0 Å². The lowest BCUT2D eigenvalue weighted by molar-refractivity contribution is -0.132. The van der Waals surface area contributed by atoms with Crippen LogP contribution in [0.25, 0.3) is 10.9 Å². The second-order valence-electron chi connectivity index (χ2n) is 7.69. The number of piperidine rings is 1. The summed E-state index contributed by atoms with van der Waals surface area (Å²) in [6, 6.07) is 19.2. The number of rotatable bonds is 5. The fourth-order valence-corrected chi connectivity index (χ4v) is 4.42. The Bertz CT molecular complexity index is 905. The summed E-state index contributed by atoms with van der Waals surface area (Å²) in [5.74, 6) is 0.920. The molecule has 4 rings (SSSR count). The molecule has 1 aliphatic rings. The Morgan fingerprint density at radius 1 is 1.04 bits per heavy atom. The number of amides is 1. The summed E-state index contributed by atoms with van der Waals surface area (Å²) < 4.78 is 0. The minimum Gasteiger partial charge on any atom is -0.358 e. The number of fused-ring (bicyclic) bond motifs is 1. The first-order valence-electron chi connectivity index (χ1n) is 10.1. The maximum Gasteiger partial charge on any atom is 0.222 e. The standard InChI is InChI=1S/C24H28N2O/c1-18-21(22-10-5-6-12-23(22)25-18)11-7-13-24(27)26-16-14-20(15-17-26)19-8-3-2-4-9-19/h2-6,8-10,12,20,25H,7,11,13-17H2,1H3. The predicted octanol–water partition coefficient (Wildman–Crippen LogP) is 5.21. The van der Waals surface area contributed by atoms with E-state index in [2.05, 4.69) is 71.4 Å². The summed E-state index contributed by atoms with van der Waals surface area (Å²) in [7, 11) is 0. The van der Waals surface area contributed by atoms with Gasteiger partial charge in [-0.05, 0) is 55.7 Å². The number of hydrogen-bond acceptors (Lipinski definition) is 1. The van der Waals surface area contributed by atoms with Crippen molar-refractivity contribution in [3.8, 4) is 0 Å². The van der Waals surface area contributed by atoms with E-state index >= 15 is 0 Å². The van der Waals surface area contributed by atoms with Gasteiger partial charge in [0, 0.05) is 36.1 Å². The molecule has 1 aliphatic heterocycles. The number of hydrogen-bond donors (Lipinski definition) is 1. The number of aromatic amines is 1. The molecule has 0 saturated carbocycles. The van der Waals surface area contributed by atoms with Gasteiger partial charge in [-0.1, -0.05) is 48.5 Å². The molecular weight excluding hydrogens is 332 g/mol. The monoisotopic (exact) mass is 360 g/mol. The Morgan fingerprint density at radius 2 is 1.74 bits per heavy atom. The summed E-state index contributed by atoms with van der Waals surface area (Å²) in [5, 5.41) is 1.30. The number of carbonyl (C=O) groups excluding carboxylic acids is 1. The van der Waals surface area contributed by atoms with Crippen LogP contribution in [0, 0.1) is 6.92 Å². The number of nitrogens with zero attached hydrogens (tertiary/aromatic N) is 1. The smallest absolute Gasteiger partial charge is 0.222 e. The Labute approximate surface area is 161 Å². The molecule has 0 unspecified atom stereocenters. The van der Waals surface area contributed by atoms with Gasteiger partial charge >= 0.3 is 0 Å². The van der Waals surface area contributed by atoms with Crippen molar-refractivity contribution in [3.05, 3.63) is 71.4 Å². The molecule has 1 amide bonds. The molecule has 0 radical (unpaired) electrons.